The summed E-state index contributed by atoms with van der Waals surface area (Å²) in [6.07, 6.45) is 4.34. The van der Waals surface area contributed by atoms with Crippen LogP contribution in [-0.4, -0.2) is 28.8 Å². The number of halogens is 2. The number of carbonyl (C=O) groups excluding carboxylic acids is 2. The summed E-state index contributed by atoms with van der Waals surface area (Å²) < 4.78 is 20.1. The molecule has 1 aromatic heterocycles. The summed E-state index contributed by atoms with van der Waals surface area (Å²) in [5.74, 6) is -0.561. The largest absolute Gasteiger partial charge is 0.464 e. The van der Waals surface area contributed by atoms with Crippen LogP contribution in [0.15, 0.2) is 71.3 Å². The minimum atomic E-state index is -0.571. The maximum atomic E-state index is 14.3. The van der Waals surface area contributed by atoms with Crippen LogP contribution >= 0.6 is 11.6 Å². The second-order valence-electron chi connectivity index (χ2n) is 10.4. The Morgan fingerprint density at radius 2 is 1.90 bits per heavy atom. The van der Waals surface area contributed by atoms with Gasteiger partial charge in [-0.15, -0.1) is 0 Å². The third-order valence-electron chi connectivity index (χ3n) is 8.14. The molecule has 6 nitrogen and oxygen atoms in total. The fourth-order valence-electron chi connectivity index (χ4n) is 5.95. The van der Waals surface area contributed by atoms with E-state index in [-0.39, 0.29) is 35.8 Å². The SMILES string of the molecule is NCc1ccc(-c2cc(CC(=O)N3[C@@H]4CC[C@@H]4C[C@H]3C(=O)NCc3cccc(Cl)c3F)cc3ccoc23)cc1. The first kappa shape index (κ1) is 25.6. The van der Waals surface area contributed by atoms with Crippen LogP contribution in [0.25, 0.3) is 22.1 Å². The molecule has 0 bridgehead atoms. The number of likely N-dealkylation sites (tertiary alicyclic amines) is 1. The molecule has 2 fully saturated rings. The molecule has 200 valence electrons. The Labute approximate surface area is 230 Å². The van der Waals surface area contributed by atoms with Crippen LogP contribution in [0.3, 0.4) is 0 Å². The Hall–Kier alpha value is -3.68. The number of hydrogen-bond donors (Lipinski definition) is 2. The van der Waals surface area contributed by atoms with Crippen molar-refractivity contribution in [3.05, 3.63) is 94.5 Å². The third-order valence-corrected chi connectivity index (χ3v) is 8.43. The second kappa shape index (κ2) is 10.5. The first-order valence-corrected chi connectivity index (χ1v) is 13.6. The molecule has 4 aromatic rings. The first-order chi connectivity index (χ1) is 18.9. The summed E-state index contributed by atoms with van der Waals surface area (Å²) >= 11 is 5.89. The van der Waals surface area contributed by atoms with Gasteiger partial charge in [0.1, 0.15) is 17.4 Å². The van der Waals surface area contributed by atoms with Gasteiger partial charge in [0.2, 0.25) is 11.8 Å². The van der Waals surface area contributed by atoms with Crippen LogP contribution in [0.5, 0.6) is 0 Å². The van der Waals surface area contributed by atoms with Gasteiger partial charge in [0.05, 0.1) is 17.7 Å². The molecule has 1 saturated heterocycles. The van der Waals surface area contributed by atoms with Crippen molar-refractivity contribution in [1.29, 1.82) is 0 Å². The van der Waals surface area contributed by atoms with Crippen molar-refractivity contribution in [1.82, 2.24) is 10.2 Å². The Kier molecular flexibility index (Phi) is 6.87. The smallest absolute Gasteiger partial charge is 0.243 e. The minimum Gasteiger partial charge on any atom is -0.464 e. The molecule has 2 heterocycles. The highest BCUT2D eigenvalue weighted by Gasteiger charge is 2.50. The fraction of sp³-hybridized carbons (Fsp3) is 0.290. The minimum absolute atomic E-state index is 0.0155. The van der Waals surface area contributed by atoms with Crippen molar-refractivity contribution in [3.63, 3.8) is 0 Å². The van der Waals surface area contributed by atoms with Crippen LogP contribution in [0.4, 0.5) is 4.39 Å². The van der Waals surface area contributed by atoms with Gasteiger partial charge in [-0.1, -0.05) is 48.0 Å². The maximum absolute atomic E-state index is 14.3. The molecule has 2 aliphatic rings. The zero-order chi connectivity index (χ0) is 27.1. The van der Waals surface area contributed by atoms with Gasteiger partial charge in [-0.2, -0.15) is 0 Å². The van der Waals surface area contributed by atoms with Crippen LogP contribution in [0, 0.1) is 11.7 Å². The van der Waals surface area contributed by atoms with Crippen LogP contribution < -0.4 is 11.1 Å². The Morgan fingerprint density at radius 3 is 2.64 bits per heavy atom. The molecule has 1 aliphatic carbocycles. The number of nitrogens with one attached hydrogen (secondary N) is 1. The molecule has 3 N–H and O–H groups in total. The number of amides is 2. The molecule has 2 amide bonds. The van der Waals surface area contributed by atoms with Crippen molar-refractivity contribution < 1.29 is 18.4 Å². The van der Waals surface area contributed by atoms with Gasteiger partial charge in [-0.05, 0) is 66.1 Å². The topological polar surface area (TPSA) is 88.6 Å². The van der Waals surface area contributed by atoms with Crippen molar-refractivity contribution in [2.45, 2.75) is 50.9 Å². The zero-order valence-electron chi connectivity index (χ0n) is 21.3. The van der Waals surface area contributed by atoms with Crippen LogP contribution in [-0.2, 0) is 29.1 Å². The van der Waals surface area contributed by atoms with Gasteiger partial charge in [-0.25, -0.2) is 4.39 Å². The standard InChI is InChI=1S/C31H29ClFN3O3/c32-25-3-1-2-23(29(25)33)17-35-31(38)27-15-21-8-9-26(21)36(27)28(37)14-19-12-22-10-11-39-30(22)24(13-19)20-6-4-18(16-34)5-7-20/h1-7,10-13,21,26-27H,8-9,14-17,34H2,(H,35,38)/t21-,26-,27+/m1/s1. The van der Waals surface area contributed by atoms with E-state index in [0.717, 1.165) is 46.1 Å². The fourth-order valence-corrected chi connectivity index (χ4v) is 6.14. The predicted octanol–water partition coefficient (Wildman–Crippen LogP) is 5.59. The van der Waals surface area contributed by atoms with E-state index >= 15 is 0 Å². The van der Waals surface area contributed by atoms with Crippen LogP contribution in [0.2, 0.25) is 5.02 Å². The van der Waals surface area contributed by atoms with E-state index in [1.807, 2.05) is 42.5 Å². The number of nitrogens with two attached hydrogens (primary N) is 1. The monoisotopic (exact) mass is 545 g/mol. The summed E-state index contributed by atoms with van der Waals surface area (Å²) in [6.45, 7) is 0.480. The molecule has 3 aromatic carbocycles. The molecule has 6 rings (SSSR count). The third kappa shape index (κ3) is 4.81. The Morgan fingerprint density at radius 1 is 1.08 bits per heavy atom. The lowest BCUT2D eigenvalue weighted by molar-refractivity contribution is -0.141. The molecular weight excluding hydrogens is 517 g/mol. The predicted molar refractivity (Wildman–Crippen MR) is 148 cm³/mol. The average Bonchev–Trinajstić information content (AvgIpc) is 3.50. The van der Waals surface area contributed by atoms with Crippen molar-refractivity contribution in [2.75, 3.05) is 0 Å². The van der Waals surface area contributed by atoms with Gasteiger partial charge in [0, 0.05) is 35.6 Å². The van der Waals surface area contributed by atoms with Crippen LogP contribution in [0.1, 0.15) is 36.0 Å². The summed E-state index contributed by atoms with van der Waals surface area (Å²) in [5.41, 5.74) is 10.6. The van der Waals surface area contributed by atoms with E-state index < -0.39 is 11.9 Å². The van der Waals surface area contributed by atoms with E-state index in [0.29, 0.717) is 24.4 Å². The molecule has 0 radical (unpaired) electrons. The van der Waals surface area contributed by atoms with Gasteiger partial charge in [0.25, 0.3) is 0 Å². The Balaban J connectivity index is 1.22. The van der Waals surface area contributed by atoms with E-state index in [1.54, 1.807) is 23.3 Å². The molecule has 8 heteroatoms. The summed E-state index contributed by atoms with van der Waals surface area (Å²) in [5, 5.41) is 3.77. The zero-order valence-corrected chi connectivity index (χ0v) is 22.1. The number of carbonyl (C=O) groups is 2. The number of nitrogens with zero attached hydrogens (tertiary/aromatic N) is 1. The lowest BCUT2D eigenvalue weighted by atomic mass is 9.80. The van der Waals surface area contributed by atoms with E-state index in [9.17, 15) is 14.0 Å². The van der Waals surface area contributed by atoms with Crippen molar-refractivity contribution in [2.24, 2.45) is 11.7 Å². The second-order valence-corrected chi connectivity index (χ2v) is 10.9. The summed E-state index contributed by atoms with van der Waals surface area (Å²) in [4.78, 5) is 28.8. The summed E-state index contributed by atoms with van der Waals surface area (Å²) in [6, 6.07) is 18.1. The number of furan rings is 1. The summed E-state index contributed by atoms with van der Waals surface area (Å²) in [7, 11) is 0. The van der Waals surface area contributed by atoms with E-state index in [4.69, 9.17) is 21.8 Å². The average molecular weight is 546 g/mol. The van der Waals surface area contributed by atoms with Gasteiger partial charge in [0.15, 0.2) is 0 Å². The lowest BCUT2D eigenvalue weighted by Crippen LogP contribution is -2.51. The molecule has 1 aliphatic heterocycles. The molecule has 1 saturated carbocycles. The van der Waals surface area contributed by atoms with E-state index in [2.05, 4.69) is 5.32 Å². The normalized spacial score (nSPS) is 20.1. The van der Waals surface area contributed by atoms with Gasteiger partial charge < -0.3 is 20.4 Å². The molecule has 0 unspecified atom stereocenters. The van der Waals surface area contributed by atoms with Gasteiger partial charge >= 0.3 is 0 Å². The molecule has 39 heavy (non-hydrogen) atoms. The highest BCUT2D eigenvalue weighted by molar-refractivity contribution is 6.30. The highest BCUT2D eigenvalue weighted by atomic mass is 35.5. The lowest BCUT2D eigenvalue weighted by Gasteiger charge is -2.37. The number of fused-ring (bicyclic) bond motifs is 2. The molecular formula is C31H29ClFN3O3. The van der Waals surface area contributed by atoms with Crippen molar-refractivity contribution >= 4 is 34.4 Å². The van der Waals surface area contributed by atoms with Gasteiger partial charge in [-0.3, -0.25) is 9.59 Å². The highest BCUT2D eigenvalue weighted by Crippen LogP contribution is 2.44. The number of hydrogen-bond acceptors (Lipinski definition) is 4. The van der Waals surface area contributed by atoms with E-state index in [1.165, 1.54) is 6.07 Å². The molecule has 0 spiro atoms. The number of benzene rings is 3. The number of rotatable bonds is 7. The Bertz CT molecular complexity index is 1550. The maximum Gasteiger partial charge on any atom is 0.243 e. The molecule has 3 atom stereocenters. The quantitative estimate of drug-likeness (QED) is 0.317. The first-order valence-electron chi connectivity index (χ1n) is 13.2. The van der Waals surface area contributed by atoms with Crippen molar-refractivity contribution in [3.8, 4) is 11.1 Å².